The van der Waals surface area contributed by atoms with Gasteiger partial charge in [0.1, 0.15) is 11.9 Å². The van der Waals surface area contributed by atoms with Gasteiger partial charge in [0.25, 0.3) is 0 Å². The van der Waals surface area contributed by atoms with E-state index in [1.807, 2.05) is 62.4 Å². The Morgan fingerprint density at radius 1 is 1.08 bits per heavy atom. The predicted octanol–water partition coefficient (Wildman–Crippen LogP) is 3.52. The first kappa shape index (κ1) is 16.6. The molecular formula is C19H20N2O2S. The Hall–Kier alpha value is -2.27. The third-order valence-corrected chi connectivity index (χ3v) is 5.24. The van der Waals surface area contributed by atoms with Gasteiger partial charge in [0.05, 0.1) is 5.75 Å². The molecule has 1 fully saturated rings. The first-order chi connectivity index (χ1) is 11.5. The minimum Gasteiger partial charge on any atom is -0.325 e. The number of carbonyl (C=O) groups excluding carboxylic acids is 2. The molecule has 1 N–H and O–H groups in total. The van der Waals surface area contributed by atoms with E-state index in [0.29, 0.717) is 5.75 Å². The monoisotopic (exact) mass is 340 g/mol. The molecule has 0 bridgehead atoms. The summed E-state index contributed by atoms with van der Waals surface area (Å²) in [7, 11) is 0. The lowest BCUT2D eigenvalue weighted by molar-refractivity contribution is -0.132. The van der Waals surface area contributed by atoms with Crippen molar-refractivity contribution in [2.45, 2.75) is 19.2 Å². The summed E-state index contributed by atoms with van der Waals surface area (Å²) in [6.45, 7) is 4.10. The number of thioether (sulfide) groups is 1. The molecule has 0 aliphatic carbocycles. The van der Waals surface area contributed by atoms with Gasteiger partial charge in [-0.25, -0.2) is 0 Å². The van der Waals surface area contributed by atoms with Crippen molar-refractivity contribution in [2.24, 2.45) is 0 Å². The van der Waals surface area contributed by atoms with Crippen LogP contribution in [0.15, 0.2) is 48.5 Å². The van der Waals surface area contributed by atoms with Crippen molar-refractivity contribution in [1.29, 1.82) is 0 Å². The van der Waals surface area contributed by atoms with Crippen LogP contribution in [-0.2, 0) is 9.59 Å². The number of aryl methyl sites for hydroxylation is 2. The van der Waals surface area contributed by atoms with Crippen molar-refractivity contribution in [1.82, 2.24) is 4.90 Å². The number of nitrogens with one attached hydrogen (secondary N) is 1. The average Bonchev–Trinajstić information content (AvgIpc) is 2.91. The SMILES string of the molecule is Cc1ccc(NC(=O)CN2C(=O)CS[C@@H]2c2ccc(C)cc2)cc1. The summed E-state index contributed by atoms with van der Waals surface area (Å²) in [6.07, 6.45) is 0. The lowest BCUT2D eigenvalue weighted by Crippen LogP contribution is -2.36. The van der Waals surface area contributed by atoms with Crippen LogP contribution in [0.3, 0.4) is 0 Å². The molecule has 5 heteroatoms. The standard InChI is InChI=1S/C19H20N2O2S/c1-13-3-7-15(8-4-13)19-21(18(23)12-24-19)11-17(22)20-16-9-5-14(2)6-10-16/h3-10,19H,11-12H2,1-2H3,(H,20,22)/t19-/m1/s1. The van der Waals surface area contributed by atoms with E-state index >= 15 is 0 Å². The molecule has 1 saturated heterocycles. The molecule has 124 valence electrons. The lowest BCUT2D eigenvalue weighted by Gasteiger charge is -2.23. The van der Waals surface area contributed by atoms with Crippen LogP contribution in [0.5, 0.6) is 0 Å². The maximum Gasteiger partial charge on any atom is 0.244 e. The highest BCUT2D eigenvalue weighted by Crippen LogP contribution is 2.38. The summed E-state index contributed by atoms with van der Waals surface area (Å²) in [5.41, 5.74) is 4.12. The molecule has 2 aromatic rings. The van der Waals surface area contributed by atoms with Crippen LogP contribution in [0.25, 0.3) is 0 Å². The van der Waals surface area contributed by atoms with Gasteiger partial charge >= 0.3 is 0 Å². The number of hydrogen-bond acceptors (Lipinski definition) is 3. The molecule has 0 radical (unpaired) electrons. The van der Waals surface area contributed by atoms with E-state index in [4.69, 9.17) is 0 Å². The van der Waals surface area contributed by atoms with Crippen molar-refractivity contribution in [3.05, 3.63) is 65.2 Å². The van der Waals surface area contributed by atoms with Crippen LogP contribution >= 0.6 is 11.8 Å². The second-order valence-corrected chi connectivity index (χ2v) is 7.08. The smallest absolute Gasteiger partial charge is 0.244 e. The fraction of sp³-hybridized carbons (Fsp3) is 0.263. The first-order valence-corrected chi connectivity index (χ1v) is 8.92. The van der Waals surface area contributed by atoms with E-state index in [-0.39, 0.29) is 23.7 Å². The molecule has 0 spiro atoms. The maximum absolute atomic E-state index is 12.3. The van der Waals surface area contributed by atoms with Crippen molar-refractivity contribution in [2.75, 3.05) is 17.6 Å². The van der Waals surface area contributed by atoms with Crippen LogP contribution in [0.1, 0.15) is 22.1 Å². The normalized spacial score (nSPS) is 17.2. The highest BCUT2D eigenvalue weighted by molar-refractivity contribution is 8.00. The summed E-state index contributed by atoms with van der Waals surface area (Å²) in [4.78, 5) is 26.1. The summed E-state index contributed by atoms with van der Waals surface area (Å²) >= 11 is 1.56. The quantitative estimate of drug-likeness (QED) is 0.926. The van der Waals surface area contributed by atoms with Gasteiger partial charge in [-0.15, -0.1) is 11.8 Å². The zero-order valence-corrected chi connectivity index (χ0v) is 14.6. The van der Waals surface area contributed by atoms with E-state index in [1.54, 1.807) is 16.7 Å². The maximum atomic E-state index is 12.3. The number of hydrogen-bond donors (Lipinski definition) is 1. The van der Waals surface area contributed by atoms with Crippen LogP contribution < -0.4 is 5.32 Å². The Morgan fingerprint density at radius 2 is 1.67 bits per heavy atom. The number of carbonyl (C=O) groups is 2. The Morgan fingerprint density at radius 3 is 2.29 bits per heavy atom. The molecule has 3 rings (SSSR count). The molecule has 0 unspecified atom stereocenters. The largest absolute Gasteiger partial charge is 0.325 e. The molecule has 4 nitrogen and oxygen atoms in total. The van der Waals surface area contributed by atoms with Crippen LogP contribution in [0.4, 0.5) is 5.69 Å². The minimum absolute atomic E-state index is 0.00429. The van der Waals surface area contributed by atoms with Crippen LogP contribution in [0.2, 0.25) is 0 Å². The zero-order chi connectivity index (χ0) is 17.1. The molecule has 1 atom stereocenters. The molecule has 2 amide bonds. The Balaban J connectivity index is 1.69. The predicted molar refractivity (Wildman–Crippen MR) is 97.9 cm³/mol. The third-order valence-electron chi connectivity index (χ3n) is 3.98. The molecule has 2 aromatic carbocycles. The number of amides is 2. The topological polar surface area (TPSA) is 49.4 Å². The van der Waals surface area contributed by atoms with Gasteiger partial charge in [-0.05, 0) is 31.5 Å². The van der Waals surface area contributed by atoms with Crippen LogP contribution in [-0.4, -0.2) is 29.0 Å². The van der Waals surface area contributed by atoms with Gasteiger partial charge in [0.2, 0.25) is 11.8 Å². The van der Waals surface area contributed by atoms with Crippen molar-refractivity contribution >= 4 is 29.3 Å². The number of rotatable bonds is 4. The van der Waals surface area contributed by atoms with Crippen molar-refractivity contribution in [3.63, 3.8) is 0 Å². The van der Waals surface area contributed by atoms with Gasteiger partial charge in [-0.3, -0.25) is 9.59 Å². The van der Waals surface area contributed by atoms with E-state index in [9.17, 15) is 9.59 Å². The molecule has 1 aliphatic rings. The van der Waals surface area contributed by atoms with Gasteiger partial charge in [0.15, 0.2) is 0 Å². The molecule has 0 aromatic heterocycles. The molecule has 24 heavy (non-hydrogen) atoms. The van der Waals surface area contributed by atoms with Gasteiger partial charge < -0.3 is 10.2 Å². The second kappa shape index (κ2) is 7.09. The molecule has 1 heterocycles. The third kappa shape index (κ3) is 3.79. The Bertz CT molecular complexity index is 741. The first-order valence-electron chi connectivity index (χ1n) is 7.87. The summed E-state index contributed by atoms with van der Waals surface area (Å²) in [6, 6.07) is 15.7. The highest BCUT2D eigenvalue weighted by Gasteiger charge is 2.34. The fourth-order valence-corrected chi connectivity index (χ4v) is 3.81. The lowest BCUT2D eigenvalue weighted by atomic mass is 10.1. The van der Waals surface area contributed by atoms with E-state index < -0.39 is 0 Å². The van der Waals surface area contributed by atoms with Crippen molar-refractivity contribution in [3.8, 4) is 0 Å². The van der Waals surface area contributed by atoms with E-state index in [1.165, 1.54) is 5.56 Å². The highest BCUT2D eigenvalue weighted by atomic mass is 32.2. The van der Waals surface area contributed by atoms with E-state index in [2.05, 4.69) is 5.32 Å². The fourth-order valence-electron chi connectivity index (χ4n) is 2.62. The van der Waals surface area contributed by atoms with Gasteiger partial charge in [-0.2, -0.15) is 0 Å². The number of benzene rings is 2. The average molecular weight is 340 g/mol. The molecule has 1 aliphatic heterocycles. The Labute approximate surface area is 146 Å². The van der Waals surface area contributed by atoms with Crippen LogP contribution in [0, 0.1) is 13.8 Å². The summed E-state index contributed by atoms with van der Waals surface area (Å²) in [5.74, 6) is 0.243. The summed E-state index contributed by atoms with van der Waals surface area (Å²) < 4.78 is 0. The minimum atomic E-state index is -0.174. The summed E-state index contributed by atoms with van der Waals surface area (Å²) in [5, 5.41) is 2.76. The van der Waals surface area contributed by atoms with E-state index in [0.717, 1.165) is 16.8 Å². The van der Waals surface area contributed by atoms with Gasteiger partial charge in [-0.1, -0.05) is 47.5 Å². The van der Waals surface area contributed by atoms with Gasteiger partial charge in [0, 0.05) is 5.69 Å². The number of nitrogens with zero attached hydrogens (tertiary/aromatic N) is 1. The Kier molecular flexibility index (Phi) is 4.90. The molecule has 0 saturated carbocycles. The van der Waals surface area contributed by atoms with Crippen molar-refractivity contribution < 1.29 is 9.59 Å². The number of anilines is 1. The second-order valence-electron chi connectivity index (χ2n) is 6.01. The molecular weight excluding hydrogens is 320 g/mol. The zero-order valence-electron chi connectivity index (χ0n) is 13.8.